The van der Waals surface area contributed by atoms with Crippen LogP contribution in [0, 0.1) is 13.8 Å². The van der Waals surface area contributed by atoms with Crippen molar-refractivity contribution in [1.29, 1.82) is 0 Å². The highest BCUT2D eigenvalue weighted by atomic mass is 32.2. The average molecular weight is 355 g/mol. The van der Waals surface area contributed by atoms with Gasteiger partial charge in [0, 0.05) is 37.6 Å². The highest BCUT2D eigenvalue weighted by Gasteiger charge is 2.21. The third-order valence-corrected chi connectivity index (χ3v) is 5.56. The van der Waals surface area contributed by atoms with Gasteiger partial charge >= 0.3 is 0 Å². The molecule has 0 saturated carbocycles. The minimum Gasteiger partial charge on any atom is -0.368 e. The van der Waals surface area contributed by atoms with Gasteiger partial charge in [-0.05, 0) is 37.1 Å². The van der Waals surface area contributed by atoms with Gasteiger partial charge in [0.1, 0.15) is 0 Å². The standard InChI is InChI=1S/C21H26N2OS/c1-17-5-3-7-19(13-17)15-25-16-21(24)23-11-9-22(10-12-23)20-8-4-6-18(2)14-20/h3-8,13-14H,9-12,15-16H2,1-2H3. The second-order valence-electron chi connectivity index (χ2n) is 6.69. The van der Waals surface area contributed by atoms with Crippen LogP contribution < -0.4 is 4.90 Å². The van der Waals surface area contributed by atoms with Crippen molar-refractivity contribution in [1.82, 2.24) is 4.90 Å². The number of carbonyl (C=O) groups is 1. The highest BCUT2D eigenvalue weighted by Crippen LogP contribution is 2.19. The number of nitrogens with zero attached hydrogens (tertiary/aromatic N) is 2. The van der Waals surface area contributed by atoms with Crippen molar-refractivity contribution in [2.24, 2.45) is 0 Å². The van der Waals surface area contributed by atoms with Gasteiger partial charge in [0.15, 0.2) is 0 Å². The molecule has 0 unspecified atom stereocenters. The largest absolute Gasteiger partial charge is 0.368 e. The molecule has 0 bridgehead atoms. The Bertz CT molecular complexity index is 723. The molecule has 1 saturated heterocycles. The van der Waals surface area contributed by atoms with Crippen LogP contribution in [0.15, 0.2) is 48.5 Å². The zero-order valence-electron chi connectivity index (χ0n) is 15.1. The van der Waals surface area contributed by atoms with E-state index in [4.69, 9.17) is 0 Å². The molecule has 132 valence electrons. The molecule has 4 heteroatoms. The molecule has 1 aliphatic heterocycles. The van der Waals surface area contributed by atoms with E-state index in [0.717, 1.165) is 31.9 Å². The van der Waals surface area contributed by atoms with Crippen LogP contribution >= 0.6 is 11.8 Å². The number of benzene rings is 2. The first-order valence-electron chi connectivity index (χ1n) is 8.84. The van der Waals surface area contributed by atoms with E-state index < -0.39 is 0 Å². The van der Waals surface area contributed by atoms with Gasteiger partial charge in [-0.1, -0.05) is 42.0 Å². The van der Waals surface area contributed by atoms with E-state index >= 15 is 0 Å². The van der Waals surface area contributed by atoms with Gasteiger partial charge in [-0.3, -0.25) is 4.79 Å². The van der Waals surface area contributed by atoms with E-state index in [0.29, 0.717) is 5.75 Å². The second kappa shape index (κ2) is 8.43. The number of amides is 1. The lowest BCUT2D eigenvalue weighted by Gasteiger charge is -2.36. The van der Waals surface area contributed by atoms with Crippen LogP contribution in [-0.4, -0.2) is 42.7 Å². The summed E-state index contributed by atoms with van der Waals surface area (Å²) in [5.74, 6) is 1.73. The first-order chi connectivity index (χ1) is 12.1. The van der Waals surface area contributed by atoms with E-state index in [1.165, 1.54) is 22.4 Å². The number of anilines is 1. The van der Waals surface area contributed by atoms with Gasteiger partial charge < -0.3 is 9.80 Å². The van der Waals surface area contributed by atoms with Crippen LogP contribution in [0.4, 0.5) is 5.69 Å². The molecule has 0 radical (unpaired) electrons. The molecule has 2 aromatic carbocycles. The molecular formula is C21H26N2OS. The summed E-state index contributed by atoms with van der Waals surface area (Å²) in [6, 6.07) is 17.1. The van der Waals surface area contributed by atoms with Gasteiger partial charge in [0.2, 0.25) is 5.91 Å². The molecule has 1 amide bonds. The monoisotopic (exact) mass is 354 g/mol. The van der Waals surface area contributed by atoms with Gasteiger partial charge in [-0.15, -0.1) is 11.8 Å². The molecule has 1 aliphatic rings. The number of hydrogen-bond acceptors (Lipinski definition) is 3. The molecule has 0 aliphatic carbocycles. The lowest BCUT2D eigenvalue weighted by atomic mass is 10.2. The summed E-state index contributed by atoms with van der Waals surface area (Å²) in [4.78, 5) is 16.8. The number of carbonyl (C=O) groups excluding carboxylic acids is 1. The number of rotatable bonds is 5. The Kier molecular flexibility index (Phi) is 6.03. The Morgan fingerprint density at radius 2 is 1.64 bits per heavy atom. The molecule has 25 heavy (non-hydrogen) atoms. The highest BCUT2D eigenvalue weighted by molar-refractivity contribution is 7.99. The van der Waals surface area contributed by atoms with Crippen LogP contribution in [0.3, 0.4) is 0 Å². The molecule has 0 N–H and O–H groups in total. The predicted octanol–water partition coefficient (Wildman–Crippen LogP) is 3.89. The fraction of sp³-hybridized carbons (Fsp3) is 0.381. The minimum atomic E-state index is 0.265. The van der Waals surface area contributed by atoms with E-state index in [2.05, 4.69) is 67.3 Å². The van der Waals surface area contributed by atoms with Crippen molar-refractivity contribution in [3.8, 4) is 0 Å². The molecule has 0 aromatic heterocycles. The fourth-order valence-electron chi connectivity index (χ4n) is 3.19. The molecule has 3 rings (SSSR count). The molecule has 0 spiro atoms. The lowest BCUT2D eigenvalue weighted by Crippen LogP contribution is -2.49. The van der Waals surface area contributed by atoms with E-state index in [1.807, 2.05) is 4.90 Å². The van der Waals surface area contributed by atoms with E-state index in [9.17, 15) is 4.79 Å². The van der Waals surface area contributed by atoms with Crippen molar-refractivity contribution in [3.63, 3.8) is 0 Å². The lowest BCUT2D eigenvalue weighted by molar-refractivity contribution is -0.128. The molecule has 1 fully saturated rings. The van der Waals surface area contributed by atoms with Crippen molar-refractivity contribution in [3.05, 3.63) is 65.2 Å². The zero-order valence-corrected chi connectivity index (χ0v) is 15.9. The topological polar surface area (TPSA) is 23.6 Å². The molecule has 1 heterocycles. The van der Waals surface area contributed by atoms with Gasteiger partial charge in [-0.25, -0.2) is 0 Å². The summed E-state index contributed by atoms with van der Waals surface area (Å²) in [6.07, 6.45) is 0. The van der Waals surface area contributed by atoms with Crippen LogP contribution in [0.5, 0.6) is 0 Å². The Balaban J connectivity index is 1.44. The predicted molar refractivity (Wildman–Crippen MR) is 107 cm³/mol. The van der Waals surface area contributed by atoms with Crippen molar-refractivity contribution in [2.75, 3.05) is 36.8 Å². The van der Waals surface area contributed by atoms with Crippen molar-refractivity contribution < 1.29 is 4.79 Å². The Labute approximate surface area is 155 Å². The number of aryl methyl sites for hydroxylation is 2. The quantitative estimate of drug-likeness (QED) is 0.814. The average Bonchev–Trinajstić information content (AvgIpc) is 2.62. The van der Waals surface area contributed by atoms with Gasteiger partial charge in [-0.2, -0.15) is 0 Å². The normalized spacial score (nSPS) is 14.6. The summed E-state index contributed by atoms with van der Waals surface area (Å²) in [7, 11) is 0. The molecule has 0 atom stereocenters. The molecular weight excluding hydrogens is 328 g/mol. The summed E-state index contributed by atoms with van der Waals surface area (Å²) in [5, 5.41) is 0. The third kappa shape index (κ3) is 5.02. The summed E-state index contributed by atoms with van der Waals surface area (Å²) >= 11 is 1.71. The van der Waals surface area contributed by atoms with E-state index in [-0.39, 0.29) is 5.91 Å². The Morgan fingerprint density at radius 3 is 2.32 bits per heavy atom. The fourth-order valence-corrected chi connectivity index (χ4v) is 4.06. The van der Waals surface area contributed by atoms with Crippen LogP contribution in [-0.2, 0) is 10.5 Å². The summed E-state index contributed by atoms with van der Waals surface area (Å²) in [5.41, 5.74) is 5.11. The van der Waals surface area contributed by atoms with Crippen LogP contribution in [0.25, 0.3) is 0 Å². The SMILES string of the molecule is Cc1cccc(CSCC(=O)N2CCN(c3cccc(C)c3)CC2)c1. The number of piperazine rings is 1. The summed E-state index contributed by atoms with van der Waals surface area (Å²) in [6.45, 7) is 7.69. The van der Waals surface area contributed by atoms with Crippen LogP contribution in [0.1, 0.15) is 16.7 Å². The Morgan fingerprint density at radius 1 is 0.960 bits per heavy atom. The third-order valence-electron chi connectivity index (χ3n) is 4.58. The first kappa shape index (κ1) is 17.9. The zero-order chi connectivity index (χ0) is 17.6. The van der Waals surface area contributed by atoms with Crippen molar-refractivity contribution in [2.45, 2.75) is 19.6 Å². The minimum absolute atomic E-state index is 0.265. The van der Waals surface area contributed by atoms with Gasteiger partial charge in [0.25, 0.3) is 0 Å². The van der Waals surface area contributed by atoms with Crippen LogP contribution in [0.2, 0.25) is 0 Å². The smallest absolute Gasteiger partial charge is 0.232 e. The summed E-state index contributed by atoms with van der Waals surface area (Å²) < 4.78 is 0. The van der Waals surface area contributed by atoms with Gasteiger partial charge in [0.05, 0.1) is 5.75 Å². The maximum Gasteiger partial charge on any atom is 0.232 e. The van der Waals surface area contributed by atoms with Crippen molar-refractivity contribution >= 4 is 23.4 Å². The molecule has 3 nitrogen and oxygen atoms in total. The maximum atomic E-state index is 12.4. The molecule has 2 aromatic rings. The maximum absolute atomic E-state index is 12.4. The Hall–Kier alpha value is -1.94. The second-order valence-corrected chi connectivity index (χ2v) is 7.67. The number of hydrogen-bond donors (Lipinski definition) is 0. The van der Waals surface area contributed by atoms with E-state index in [1.54, 1.807) is 11.8 Å². The first-order valence-corrected chi connectivity index (χ1v) is 10.00. The number of thioether (sulfide) groups is 1.